The van der Waals surface area contributed by atoms with Crippen molar-refractivity contribution in [2.24, 2.45) is 0 Å². The SMILES string of the molecule is CC(C)c1nc(C(=O)Nc2cncnc2)n[nH]1. The Morgan fingerprint density at radius 3 is 2.65 bits per heavy atom. The molecule has 0 radical (unpaired) electrons. The number of amides is 1. The van der Waals surface area contributed by atoms with Crippen molar-refractivity contribution in [3.63, 3.8) is 0 Å². The maximum Gasteiger partial charge on any atom is 0.295 e. The highest BCUT2D eigenvalue weighted by Gasteiger charge is 2.14. The summed E-state index contributed by atoms with van der Waals surface area (Å²) in [7, 11) is 0. The van der Waals surface area contributed by atoms with Crippen LogP contribution in [0.15, 0.2) is 18.7 Å². The molecule has 7 heteroatoms. The smallest absolute Gasteiger partial charge is 0.295 e. The minimum absolute atomic E-state index is 0.109. The third-order valence-corrected chi connectivity index (χ3v) is 2.07. The number of hydrogen-bond donors (Lipinski definition) is 2. The van der Waals surface area contributed by atoms with E-state index in [0.717, 1.165) is 0 Å². The number of nitrogens with one attached hydrogen (secondary N) is 2. The summed E-state index contributed by atoms with van der Waals surface area (Å²) in [6, 6.07) is 0. The lowest BCUT2D eigenvalue weighted by Gasteiger charge is -1.99. The van der Waals surface area contributed by atoms with Crippen LogP contribution in [0.2, 0.25) is 0 Å². The molecule has 0 saturated carbocycles. The number of carbonyl (C=O) groups excluding carboxylic acids is 1. The van der Waals surface area contributed by atoms with Crippen LogP contribution < -0.4 is 5.32 Å². The molecule has 2 heterocycles. The van der Waals surface area contributed by atoms with E-state index in [-0.39, 0.29) is 17.6 Å². The summed E-state index contributed by atoms with van der Waals surface area (Å²) in [5.41, 5.74) is 0.508. The van der Waals surface area contributed by atoms with Gasteiger partial charge in [-0.15, -0.1) is 5.10 Å². The maximum atomic E-state index is 11.7. The van der Waals surface area contributed by atoms with Crippen LogP contribution in [0.5, 0.6) is 0 Å². The molecule has 0 saturated heterocycles. The molecule has 2 rings (SSSR count). The highest BCUT2D eigenvalue weighted by molar-refractivity contribution is 6.01. The van der Waals surface area contributed by atoms with Crippen molar-refractivity contribution < 1.29 is 4.79 Å². The van der Waals surface area contributed by atoms with Gasteiger partial charge in [0.15, 0.2) is 0 Å². The lowest BCUT2D eigenvalue weighted by molar-refractivity contribution is 0.101. The van der Waals surface area contributed by atoms with E-state index in [2.05, 4.69) is 30.5 Å². The fraction of sp³-hybridized carbons (Fsp3) is 0.300. The van der Waals surface area contributed by atoms with E-state index < -0.39 is 0 Å². The van der Waals surface area contributed by atoms with Crippen molar-refractivity contribution in [2.45, 2.75) is 19.8 Å². The lowest BCUT2D eigenvalue weighted by Crippen LogP contribution is -2.14. The number of H-pyrrole nitrogens is 1. The number of nitrogens with zero attached hydrogens (tertiary/aromatic N) is 4. The zero-order chi connectivity index (χ0) is 12.3. The third kappa shape index (κ3) is 2.63. The first kappa shape index (κ1) is 11.2. The standard InChI is InChI=1S/C10H12N6O/c1-6(2)8-14-9(16-15-8)10(17)13-7-3-11-5-12-4-7/h3-6H,1-2H3,(H,13,17)(H,14,15,16). The monoisotopic (exact) mass is 232 g/mol. The number of aromatic nitrogens is 5. The maximum absolute atomic E-state index is 11.7. The van der Waals surface area contributed by atoms with Crippen LogP contribution in [0.25, 0.3) is 0 Å². The van der Waals surface area contributed by atoms with Gasteiger partial charge >= 0.3 is 0 Å². The Morgan fingerprint density at radius 1 is 1.35 bits per heavy atom. The summed E-state index contributed by atoms with van der Waals surface area (Å²) in [5, 5.41) is 9.16. The van der Waals surface area contributed by atoms with E-state index in [1.165, 1.54) is 18.7 Å². The molecule has 0 unspecified atom stereocenters. The molecule has 2 N–H and O–H groups in total. The Kier molecular flexibility index (Phi) is 3.08. The predicted octanol–water partition coefficient (Wildman–Crippen LogP) is 0.970. The van der Waals surface area contributed by atoms with Crippen molar-refractivity contribution in [1.29, 1.82) is 0 Å². The predicted molar refractivity (Wildman–Crippen MR) is 60.5 cm³/mol. The van der Waals surface area contributed by atoms with Gasteiger partial charge < -0.3 is 5.32 Å². The second-order valence-corrected chi connectivity index (χ2v) is 3.78. The number of aromatic amines is 1. The number of rotatable bonds is 3. The van der Waals surface area contributed by atoms with Gasteiger partial charge in [-0.25, -0.2) is 15.0 Å². The first-order valence-electron chi connectivity index (χ1n) is 5.15. The van der Waals surface area contributed by atoms with Crippen LogP contribution in [0, 0.1) is 0 Å². The second-order valence-electron chi connectivity index (χ2n) is 3.78. The molecule has 17 heavy (non-hydrogen) atoms. The molecule has 1 amide bonds. The Bertz CT molecular complexity index is 507. The highest BCUT2D eigenvalue weighted by atomic mass is 16.2. The average Bonchev–Trinajstić information content (AvgIpc) is 2.79. The van der Waals surface area contributed by atoms with Gasteiger partial charge in [0, 0.05) is 5.92 Å². The third-order valence-electron chi connectivity index (χ3n) is 2.07. The van der Waals surface area contributed by atoms with Crippen LogP contribution in [-0.2, 0) is 0 Å². The van der Waals surface area contributed by atoms with Crippen molar-refractivity contribution in [3.05, 3.63) is 30.4 Å². The molecular formula is C10H12N6O. The van der Waals surface area contributed by atoms with Gasteiger partial charge in [-0.05, 0) is 0 Å². The topological polar surface area (TPSA) is 96.5 Å². The molecule has 0 fully saturated rings. The molecule has 0 aliphatic carbocycles. The summed E-state index contributed by atoms with van der Waals surface area (Å²) in [6.07, 6.45) is 4.39. The first-order chi connectivity index (χ1) is 8.16. The van der Waals surface area contributed by atoms with E-state index in [0.29, 0.717) is 11.5 Å². The zero-order valence-electron chi connectivity index (χ0n) is 9.51. The molecular weight excluding hydrogens is 220 g/mol. The van der Waals surface area contributed by atoms with Gasteiger partial charge in [0.1, 0.15) is 12.2 Å². The van der Waals surface area contributed by atoms with Crippen molar-refractivity contribution in [2.75, 3.05) is 5.32 Å². The van der Waals surface area contributed by atoms with Gasteiger partial charge in [-0.3, -0.25) is 9.89 Å². The van der Waals surface area contributed by atoms with Gasteiger partial charge in [0.05, 0.1) is 18.1 Å². The van der Waals surface area contributed by atoms with Crippen molar-refractivity contribution >= 4 is 11.6 Å². The van der Waals surface area contributed by atoms with Crippen LogP contribution in [-0.4, -0.2) is 31.1 Å². The summed E-state index contributed by atoms with van der Waals surface area (Å²) in [6.45, 7) is 3.93. The van der Waals surface area contributed by atoms with Crippen LogP contribution in [0.1, 0.15) is 36.2 Å². The molecule has 0 aliphatic rings. The molecule has 2 aromatic rings. The van der Waals surface area contributed by atoms with Gasteiger partial charge in [0.2, 0.25) is 5.82 Å². The van der Waals surface area contributed by atoms with Crippen molar-refractivity contribution in [1.82, 2.24) is 25.1 Å². The van der Waals surface area contributed by atoms with Crippen LogP contribution in [0.4, 0.5) is 5.69 Å². The Balaban J connectivity index is 2.10. The molecule has 88 valence electrons. The average molecular weight is 232 g/mol. The fourth-order valence-corrected chi connectivity index (χ4v) is 1.18. The number of anilines is 1. The van der Waals surface area contributed by atoms with Gasteiger partial charge in [-0.1, -0.05) is 13.8 Å². The Labute approximate surface area is 97.7 Å². The molecule has 0 aliphatic heterocycles. The van der Waals surface area contributed by atoms with Crippen molar-refractivity contribution in [3.8, 4) is 0 Å². The van der Waals surface area contributed by atoms with E-state index in [1.807, 2.05) is 13.8 Å². The molecule has 7 nitrogen and oxygen atoms in total. The van der Waals surface area contributed by atoms with E-state index in [4.69, 9.17) is 0 Å². The first-order valence-corrected chi connectivity index (χ1v) is 5.15. The molecule has 0 bridgehead atoms. The van der Waals surface area contributed by atoms with E-state index >= 15 is 0 Å². The molecule has 0 aromatic carbocycles. The number of carbonyl (C=O) groups is 1. The van der Waals surface area contributed by atoms with Gasteiger partial charge in [-0.2, -0.15) is 0 Å². The highest BCUT2D eigenvalue weighted by Crippen LogP contribution is 2.08. The lowest BCUT2D eigenvalue weighted by atomic mass is 10.2. The summed E-state index contributed by atoms with van der Waals surface area (Å²) in [4.78, 5) is 23.4. The molecule has 0 spiro atoms. The summed E-state index contributed by atoms with van der Waals surface area (Å²) in [5.74, 6) is 0.601. The van der Waals surface area contributed by atoms with E-state index in [9.17, 15) is 4.79 Å². The minimum atomic E-state index is -0.386. The second kappa shape index (κ2) is 4.69. The largest absolute Gasteiger partial charge is 0.317 e. The quantitative estimate of drug-likeness (QED) is 0.821. The zero-order valence-corrected chi connectivity index (χ0v) is 9.51. The Hall–Kier alpha value is -2.31. The summed E-state index contributed by atoms with van der Waals surface area (Å²) >= 11 is 0. The van der Waals surface area contributed by atoms with Gasteiger partial charge in [0.25, 0.3) is 5.91 Å². The van der Waals surface area contributed by atoms with Crippen LogP contribution >= 0.6 is 0 Å². The normalized spacial score (nSPS) is 10.5. The molecule has 2 aromatic heterocycles. The molecule has 0 atom stereocenters. The van der Waals surface area contributed by atoms with Crippen LogP contribution in [0.3, 0.4) is 0 Å². The Morgan fingerprint density at radius 2 is 2.06 bits per heavy atom. The minimum Gasteiger partial charge on any atom is -0.317 e. The number of hydrogen-bond acceptors (Lipinski definition) is 5. The van der Waals surface area contributed by atoms with E-state index in [1.54, 1.807) is 0 Å². The summed E-state index contributed by atoms with van der Waals surface area (Å²) < 4.78 is 0. The fourth-order valence-electron chi connectivity index (χ4n) is 1.18.